The number of rotatable bonds is 4. The zero-order chi connectivity index (χ0) is 15.7. The molecular formula is C14H19N3O4. The number of ether oxygens (including phenoxy) is 1. The first kappa shape index (κ1) is 15.2. The highest BCUT2D eigenvalue weighted by Gasteiger charge is 2.42. The Morgan fingerprint density at radius 3 is 2.38 bits per heavy atom. The van der Waals surface area contributed by atoms with E-state index >= 15 is 0 Å². The summed E-state index contributed by atoms with van der Waals surface area (Å²) in [6.07, 6.45) is 1.39. The highest BCUT2D eigenvalue weighted by Crippen LogP contribution is 2.27. The van der Waals surface area contributed by atoms with Crippen molar-refractivity contribution < 1.29 is 19.1 Å². The number of aromatic nitrogens is 2. The van der Waals surface area contributed by atoms with Crippen molar-refractivity contribution in [3.63, 3.8) is 0 Å². The molecule has 1 aliphatic heterocycles. The van der Waals surface area contributed by atoms with Gasteiger partial charge in [-0.1, -0.05) is 13.8 Å². The van der Waals surface area contributed by atoms with Gasteiger partial charge < -0.3 is 4.74 Å². The molecule has 1 aliphatic rings. The van der Waals surface area contributed by atoms with E-state index in [1.165, 1.54) is 15.8 Å². The van der Waals surface area contributed by atoms with Crippen LogP contribution in [0, 0.1) is 11.8 Å². The monoisotopic (exact) mass is 293 g/mol. The minimum Gasteiger partial charge on any atom is -0.462 e. The van der Waals surface area contributed by atoms with Gasteiger partial charge in [-0.05, 0) is 6.92 Å². The number of likely N-dealkylation sites (tertiary alicyclic amines) is 1. The molecule has 7 nitrogen and oxygen atoms in total. The van der Waals surface area contributed by atoms with Crippen LogP contribution >= 0.6 is 0 Å². The fraction of sp³-hybridized carbons (Fsp3) is 0.571. The molecule has 0 aromatic carbocycles. The average molecular weight is 293 g/mol. The minimum atomic E-state index is -0.499. The molecule has 7 heteroatoms. The lowest BCUT2D eigenvalue weighted by Gasteiger charge is -2.15. The van der Waals surface area contributed by atoms with E-state index in [0.29, 0.717) is 5.69 Å². The number of carbonyl (C=O) groups excluding carboxylic acids is 3. The summed E-state index contributed by atoms with van der Waals surface area (Å²) >= 11 is 0. The number of hydrogen-bond donors (Lipinski definition) is 0. The Balaban J connectivity index is 2.28. The van der Waals surface area contributed by atoms with Gasteiger partial charge in [0, 0.05) is 18.9 Å². The van der Waals surface area contributed by atoms with E-state index in [4.69, 9.17) is 4.74 Å². The lowest BCUT2D eigenvalue weighted by Crippen LogP contribution is -2.32. The van der Waals surface area contributed by atoms with Gasteiger partial charge in [0.1, 0.15) is 5.56 Å². The van der Waals surface area contributed by atoms with Crippen LogP contribution in [-0.4, -0.2) is 39.1 Å². The van der Waals surface area contributed by atoms with Gasteiger partial charge in [0.25, 0.3) is 0 Å². The van der Waals surface area contributed by atoms with E-state index in [9.17, 15) is 14.4 Å². The summed E-state index contributed by atoms with van der Waals surface area (Å²) < 4.78 is 6.45. The third kappa shape index (κ3) is 2.55. The highest BCUT2D eigenvalue weighted by molar-refractivity contribution is 6.04. The Hall–Kier alpha value is -2.18. The Kier molecular flexibility index (Phi) is 4.11. The van der Waals surface area contributed by atoms with Gasteiger partial charge in [-0.15, -0.1) is 0 Å². The number of carbonyl (C=O) groups is 3. The van der Waals surface area contributed by atoms with E-state index in [0.717, 1.165) is 0 Å². The third-order valence-corrected chi connectivity index (χ3v) is 3.93. The van der Waals surface area contributed by atoms with Crippen LogP contribution in [0.4, 0.5) is 0 Å². The van der Waals surface area contributed by atoms with Crippen LogP contribution in [0.2, 0.25) is 0 Å². The van der Waals surface area contributed by atoms with Gasteiger partial charge in [-0.3, -0.25) is 19.2 Å². The third-order valence-electron chi connectivity index (χ3n) is 3.93. The lowest BCUT2D eigenvalue weighted by atomic mass is 10.00. The standard InChI is InChI=1S/C14H19N3O4/c1-5-21-14(20)10-6-15-16(4)11(10)7-17-12(18)8(2)9(3)13(17)19/h6,8-9H,5,7H2,1-4H3. The molecule has 2 atom stereocenters. The first-order chi connectivity index (χ1) is 9.88. The normalized spacial score (nSPS) is 22.0. The Morgan fingerprint density at radius 1 is 1.29 bits per heavy atom. The second-order valence-corrected chi connectivity index (χ2v) is 5.19. The van der Waals surface area contributed by atoms with E-state index in [2.05, 4.69) is 5.10 Å². The van der Waals surface area contributed by atoms with Crippen molar-refractivity contribution in [2.45, 2.75) is 27.3 Å². The number of hydrogen-bond acceptors (Lipinski definition) is 5. The van der Waals surface area contributed by atoms with Crippen LogP contribution in [0.5, 0.6) is 0 Å². The Labute approximate surface area is 122 Å². The van der Waals surface area contributed by atoms with Crippen molar-refractivity contribution in [1.29, 1.82) is 0 Å². The molecule has 1 aromatic rings. The van der Waals surface area contributed by atoms with E-state index < -0.39 is 5.97 Å². The molecule has 2 unspecified atom stereocenters. The van der Waals surface area contributed by atoms with Crippen LogP contribution in [0.1, 0.15) is 36.8 Å². The van der Waals surface area contributed by atoms with Crippen LogP contribution in [0.15, 0.2) is 6.20 Å². The molecule has 2 heterocycles. The average Bonchev–Trinajstić information content (AvgIpc) is 2.90. The van der Waals surface area contributed by atoms with E-state index in [1.807, 2.05) is 0 Å². The predicted octanol–water partition coefficient (Wildman–Crippen LogP) is 0.738. The second-order valence-electron chi connectivity index (χ2n) is 5.19. The quantitative estimate of drug-likeness (QED) is 0.604. The number of nitrogens with zero attached hydrogens (tertiary/aromatic N) is 3. The first-order valence-electron chi connectivity index (χ1n) is 6.91. The lowest BCUT2D eigenvalue weighted by molar-refractivity contribution is -0.140. The molecule has 1 aromatic heterocycles. The molecule has 21 heavy (non-hydrogen) atoms. The summed E-state index contributed by atoms with van der Waals surface area (Å²) in [6, 6.07) is 0. The zero-order valence-corrected chi connectivity index (χ0v) is 12.6. The van der Waals surface area contributed by atoms with Crippen molar-refractivity contribution >= 4 is 17.8 Å². The summed E-state index contributed by atoms with van der Waals surface area (Å²) in [5.74, 6) is -1.61. The fourth-order valence-electron chi connectivity index (χ4n) is 2.36. The van der Waals surface area contributed by atoms with Crippen molar-refractivity contribution in [3.8, 4) is 0 Å². The SMILES string of the molecule is CCOC(=O)c1cnn(C)c1CN1C(=O)C(C)C(C)C1=O. The van der Waals surface area contributed by atoms with Gasteiger partial charge in [0.2, 0.25) is 11.8 Å². The summed E-state index contributed by atoms with van der Waals surface area (Å²) in [7, 11) is 1.66. The van der Waals surface area contributed by atoms with Crippen LogP contribution in [0.25, 0.3) is 0 Å². The van der Waals surface area contributed by atoms with E-state index in [-0.39, 0.29) is 42.4 Å². The maximum Gasteiger partial charge on any atom is 0.341 e. The maximum absolute atomic E-state index is 12.1. The number of imide groups is 1. The van der Waals surface area contributed by atoms with Crippen molar-refractivity contribution in [2.75, 3.05) is 6.61 Å². The smallest absolute Gasteiger partial charge is 0.341 e. The van der Waals surface area contributed by atoms with Crippen molar-refractivity contribution in [1.82, 2.24) is 14.7 Å². The van der Waals surface area contributed by atoms with Crippen LogP contribution in [-0.2, 0) is 27.9 Å². The molecule has 114 valence electrons. The number of esters is 1. The van der Waals surface area contributed by atoms with Gasteiger partial charge >= 0.3 is 5.97 Å². The molecule has 2 amide bonds. The molecule has 2 rings (SSSR count). The summed E-state index contributed by atoms with van der Waals surface area (Å²) in [5.41, 5.74) is 0.781. The van der Waals surface area contributed by atoms with Gasteiger partial charge in [0.15, 0.2) is 0 Å². The number of amides is 2. The van der Waals surface area contributed by atoms with E-state index in [1.54, 1.807) is 27.8 Å². The largest absolute Gasteiger partial charge is 0.462 e. The molecule has 0 aliphatic carbocycles. The van der Waals surface area contributed by atoms with Crippen LogP contribution < -0.4 is 0 Å². The first-order valence-corrected chi connectivity index (χ1v) is 6.91. The summed E-state index contributed by atoms with van der Waals surface area (Å²) in [6.45, 7) is 5.48. The number of aryl methyl sites for hydroxylation is 1. The fourth-order valence-corrected chi connectivity index (χ4v) is 2.36. The Morgan fingerprint density at radius 2 is 1.86 bits per heavy atom. The van der Waals surface area contributed by atoms with Gasteiger partial charge in [-0.25, -0.2) is 4.79 Å². The Bertz CT molecular complexity index is 573. The molecule has 0 radical (unpaired) electrons. The summed E-state index contributed by atoms with van der Waals surface area (Å²) in [4.78, 5) is 37.3. The van der Waals surface area contributed by atoms with Gasteiger partial charge in [0.05, 0.1) is 25.0 Å². The maximum atomic E-state index is 12.1. The minimum absolute atomic E-state index is 0.0387. The second kappa shape index (κ2) is 5.67. The van der Waals surface area contributed by atoms with Crippen molar-refractivity contribution in [2.24, 2.45) is 18.9 Å². The zero-order valence-electron chi connectivity index (χ0n) is 12.6. The molecule has 1 fully saturated rings. The van der Waals surface area contributed by atoms with Crippen LogP contribution in [0.3, 0.4) is 0 Å². The van der Waals surface area contributed by atoms with Crippen molar-refractivity contribution in [3.05, 3.63) is 17.5 Å². The molecule has 0 spiro atoms. The molecule has 0 saturated carbocycles. The predicted molar refractivity (Wildman–Crippen MR) is 73.0 cm³/mol. The van der Waals surface area contributed by atoms with Gasteiger partial charge in [-0.2, -0.15) is 5.10 Å². The highest BCUT2D eigenvalue weighted by atomic mass is 16.5. The summed E-state index contributed by atoms with van der Waals surface area (Å²) in [5, 5.41) is 4.02. The molecule has 1 saturated heterocycles. The molecule has 0 N–H and O–H groups in total. The molecule has 0 bridgehead atoms. The molecular weight excluding hydrogens is 274 g/mol. The topological polar surface area (TPSA) is 81.5 Å².